The van der Waals surface area contributed by atoms with Gasteiger partial charge < -0.3 is 24.6 Å². The molecule has 9 heteroatoms. The van der Waals surface area contributed by atoms with Crippen molar-refractivity contribution in [1.82, 2.24) is 5.32 Å². The van der Waals surface area contributed by atoms with Crippen LogP contribution in [-0.4, -0.2) is 53.3 Å². The van der Waals surface area contributed by atoms with Gasteiger partial charge >= 0.3 is 5.97 Å². The van der Waals surface area contributed by atoms with E-state index in [1.807, 2.05) is 57.2 Å². The molecule has 38 heavy (non-hydrogen) atoms. The number of amides is 1. The van der Waals surface area contributed by atoms with Crippen LogP contribution in [0.15, 0.2) is 58.0 Å². The van der Waals surface area contributed by atoms with E-state index in [1.165, 1.54) is 0 Å². The molecule has 2 aromatic carbocycles. The SMILES string of the molecule is CC(C)(C)OC(=O)CC[C@@]1(C(=O)NC2CC2)N=C(c2ccc(OCCCO)cc2)O[C@@H]1c1ccc(Br)cc1. The molecule has 0 aromatic heterocycles. The van der Waals surface area contributed by atoms with E-state index >= 15 is 0 Å². The summed E-state index contributed by atoms with van der Waals surface area (Å²) >= 11 is 3.47. The zero-order chi connectivity index (χ0) is 27.3. The fraction of sp³-hybridized carbons (Fsp3) is 0.483. The lowest BCUT2D eigenvalue weighted by Crippen LogP contribution is -2.49. The predicted octanol–water partition coefficient (Wildman–Crippen LogP) is 4.87. The Labute approximate surface area is 231 Å². The summed E-state index contributed by atoms with van der Waals surface area (Å²) in [6, 6.07) is 15.0. The van der Waals surface area contributed by atoms with E-state index in [2.05, 4.69) is 21.2 Å². The standard InChI is InChI=1S/C29H35BrN2O6/c1-28(2,3)38-24(34)15-16-29(27(35)31-22-11-12-22)25(19-5-9-21(30)10-6-19)37-26(32-29)20-7-13-23(14-8-20)36-18-4-17-33/h5-10,13-14,22,25,33H,4,11-12,15-18H2,1-3H3,(H,31,35)/t25-,29-/m1/s1. The molecule has 1 aliphatic carbocycles. The highest BCUT2D eigenvalue weighted by Crippen LogP contribution is 2.44. The van der Waals surface area contributed by atoms with Gasteiger partial charge in [-0.1, -0.05) is 28.1 Å². The van der Waals surface area contributed by atoms with Crippen molar-refractivity contribution in [3.8, 4) is 5.75 Å². The zero-order valence-electron chi connectivity index (χ0n) is 22.0. The van der Waals surface area contributed by atoms with Gasteiger partial charge in [-0.3, -0.25) is 9.59 Å². The lowest BCUT2D eigenvalue weighted by molar-refractivity contribution is -0.155. The highest BCUT2D eigenvalue weighted by Gasteiger charge is 2.54. The third-order valence-electron chi connectivity index (χ3n) is 6.25. The van der Waals surface area contributed by atoms with Crippen LogP contribution in [0.1, 0.15) is 70.1 Å². The highest BCUT2D eigenvalue weighted by molar-refractivity contribution is 9.10. The first kappa shape index (κ1) is 28.1. The van der Waals surface area contributed by atoms with Gasteiger partial charge in [0.25, 0.3) is 5.91 Å². The van der Waals surface area contributed by atoms with Gasteiger partial charge in [-0.25, -0.2) is 4.99 Å². The number of nitrogens with one attached hydrogen (secondary N) is 1. The van der Waals surface area contributed by atoms with Crippen LogP contribution in [0.4, 0.5) is 0 Å². The van der Waals surface area contributed by atoms with E-state index < -0.39 is 23.2 Å². The van der Waals surface area contributed by atoms with Crippen molar-refractivity contribution in [1.29, 1.82) is 0 Å². The second kappa shape index (κ2) is 11.9. The third-order valence-corrected chi connectivity index (χ3v) is 6.77. The molecule has 2 atom stereocenters. The van der Waals surface area contributed by atoms with Crippen LogP contribution in [0.25, 0.3) is 0 Å². The Kier molecular flexibility index (Phi) is 8.78. The number of carbonyl (C=O) groups is 2. The Morgan fingerprint density at radius 1 is 1.13 bits per heavy atom. The highest BCUT2D eigenvalue weighted by atomic mass is 79.9. The van der Waals surface area contributed by atoms with E-state index in [9.17, 15) is 9.59 Å². The topological polar surface area (TPSA) is 106 Å². The van der Waals surface area contributed by atoms with Crippen LogP contribution >= 0.6 is 15.9 Å². The molecule has 2 N–H and O–H groups in total. The number of nitrogens with zero attached hydrogens (tertiary/aromatic N) is 1. The minimum absolute atomic E-state index is 0.0140. The average Bonchev–Trinajstić information content (AvgIpc) is 3.60. The maximum absolute atomic E-state index is 13.8. The number of rotatable bonds is 11. The van der Waals surface area contributed by atoms with Crippen molar-refractivity contribution in [2.75, 3.05) is 13.2 Å². The molecular weight excluding hydrogens is 552 g/mol. The van der Waals surface area contributed by atoms with Gasteiger partial charge in [-0.15, -0.1) is 0 Å². The molecule has 204 valence electrons. The number of esters is 1. The van der Waals surface area contributed by atoms with Gasteiger partial charge in [0, 0.05) is 35.5 Å². The van der Waals surface area contributed by atoms with E-state index in [4.69, 9.17) is 24.3 Å². The Morgan fingerprint density at radius 2 is 1.82 bits per heavy atom. The first-order valence-electron chi connectivity index (χ1n) is 13.0. The number of benzene rings is 2. The summed E-state index contributed by atoms with van der Waals surface area (Å²) in [4.78, 5) is 31.5. The van der Waals surface area contributed by atoms with Crippen molar-refractivity contribution in [3.05, 3.63) is 64.1 Å². The van der Waals surface area contributed by atoms with Crippen molar-refractivity contribution in [2.24, 2.45) is 4.99 Å². The summed E-state index contributed by atoms with van der Waals surface area (Å²) in [5, 5.41) is 12.1. The number of carbonyl (C=O) groups excluding carboxylic acids is 2. The van der Waals surface area contributed by atoms with Crippen molar-refractivity contribution in [3.63, 3.8) is 0 Å². The van der Waals surface area contributed by atoms with Crippen LogP contribution in [0, 0.1) is 0 Å². The number of aliphatic hydroxyl groups excluding tert-OH is 1. The van der Waals surface area contributed by atoms with E-state index in [-0.39, 0.29) is 31.4 Å². The minimum atomic E-state index is -1.35. The molecule has 0 saturated heterocycles. The molecule has 1 heterocycles. The van der Waals surface area contributed by atoms with Crippen LogP contribution < -0.4 is 10.1 Å². The molecule has 0 bridgehead atoms. The lowest BCUT2D eigenvalue weighted by atomic mass is 9.83. The predicted molar refractivity (Wildman–Crippen MR) is 147 cm³/mol. The van der Waals surface area contributed by atoms with Gasteiger partial charge in [0.1, 0.15) is 11.4 Å². The molecule has 1 amide bonds. The second-order valence-electron chi connectivity index (χ2n) is 10.7. The molecule has 8 nitrogen and oxygen atoms in total. The van der Waals surface area contributed by atoms with Crippen LogP contribution in [0.3, 0.4) is 0 Å². The Hall–Kier alpha value is -2.91. The van der Waals surface area contributed by atoms with Crippen molar-refractivity contribution >= 4 is 33.7 Å². The maximum Gasteiger partial charge on any atom is 0.306 e. The molecule has 1 aliphatic heterocycles. The number of hydrogen-bond donors (Lipinski definition) is 2. The normalized spacial score (nSPS) is 20.9. The van der Waals surface area contributed by atoms with E-state index in [0.717, 1.165) is 22.9 Å². The summed E-state index contributed by atoms with van der Waals surface area (Å²) < 4.78 is 18.5. The summed E-state index contributed by atoms with van der Waals surface area (Å²) in [5.41, 5.74) is -0.502. The molecule has 1 saturated carbocycles. The number of halogens is 1. The quantitative estimate of drug-likeness (QED) is 0.287. The maximum atomic E-state index is 13.8. The second-order valence-corrected chi connectivity index (χ2v) is 11.6. The summed E-state index contributed by atoms with van der Waals surface area (Å²) in [5.74, 6) is 0.344. The molecule has 4 rings (SSSR count). The molecule has 2 aliphatic rings. The van der Waals surface area contributed by atoms with Crippen molar-refractivity contribution in [2.45, 2.75) is 76.2 Å². The molecule has 0 unspecified atom stereocenters. The van der Waals surface area contributed by atoms with E-state index in [0.29, 0.717) is 30.2 Å². The Morgan fingerprint density at radius 3 is 2.42 bits per heavy atom. The fourth-order valence-electron chi connectivity index (χ4n) is 4.23. The lowest BCUT2D eigenvalue weighted by Gasteiger charge is -2.31. The van der Waals surface area contributed by atoms with Crippen LogP contribution in [0.5, 0.6) is 5.75 Å². The molecular formula is C29H35BrN2O6. The largest absolute Gasteiger partial charge is 0.494 e. The average molecular weight is 588 g/mol. The summed E-state index contributed by atoms with van der Waals surface area (Å²) in [7, 11) is 0. The van der Waals surface area contributed by atoms with Gasteiger partial charge in [0.05, 0.1) is 6.61 Å². The van der Waals surface area contributed by atoms with Gasteiger partial charge in [0.2, 0.25) is 5.90 Å². The van der Waals surface area contributed by atoms with Gasteiger partial charge in [-0.05, 0) is 82.0 Å². The first-order chi connectivity index (χ1) is 18.1. The molecule has 2 aromatic rings. The van der Waals surface area contributed by atoms with Gasteiger partial charge in [-0.2, -0.15) is 0 Å². The first-order valence-corrected chi connectivity index (χ1v) is 13.8. The van der Waals surface area contributed by atoms with Gasteiger partial charge in [0.15, 0.2) is 11.6 Å². The number of hydrogen-bond acceptors (Lipinski definition) is 7. The number of aliphatic hydroxyl groups is 1. The van der Waals surface area contributed by atoms with Crippen LogP contribution in [-0.2, 0) is 19.1 Å². The monoisotopic (exact) mass is 586 g/mol. The smallest absolute Gasteiger partial charge is 0.306 e. The molecule has 1 fully saturated rings. The number of aliphatic imine (C=N–C) groups is 1. The summed E-state index contributed by atoms with van der Waals surface area (Å²) in [6.45, 7) is 5.92. The van der Waals surface area contributed by atoms with E-state index in [1.54, 1.807) is 12.1 Å². The Bertz CT molecular complexity index is 1160. The Balaban J connectivity index is 1.68. The molecule has 0 spiro atoms. The summed E-state index contributed by atoms with van der Waals surface area (Å²) in [6.07, 6.45) is 1.81. The fourth-order valence-corrected chi connectivity index (χ4v) is 4.50. The molecule has 0 radical (unpaired) electrons. The minimum Gasteiger partial charge on any atom is -0.494 e. The van der Waals surface area contributed by atoms with Crippen LogP contribution in [0.2, 0.25) is 0 Å². The third kappa shape index (κ3) is 7.14. The van der Waals surface area contributed by atoms with Crippen molar-refractivity contribution < 1.29 is 28.9 Å². The number of ether oxygens (including phenoxy) is 3. The zero-order valence-corrected chi connectivity index (χ0v) is 23.6.